The first-order valence-electron chi connectivity index (χ1n) is 4.74. The minimum Gasteiger partial charge on any atom is -0.491 e. The van der Waals surface area contributed by atoms with Gasteiger partial charge in [0.2, 0.25) is 5.82 Å². The van der Waals surface area contributed by atoms with Gasteiger partial charge in [-0.1, -0.05) is 26.3 Å². The van der Waals surface area contributed by atoms with Crippen molar-refractivity contribution in [2.45, 2.75) is 27.2 Å². The van der Waals surface area contributed by atoms with E-state index in [0.717, 1.165) is 6.07 Å². The van der Waals surface area contributed by atoms with Crippen LogP contribution in [0.4, 0.5) is 8.78 Å². The molecule has 0 atom stereocenters. The van der Waals surface area contributed by atoms with E-state index in [-0.39, 0.29) is 5.75 Å². The van der Waals surface area contributed by atoms with Crippen LogP contribution in [0.3, 0.4) is 0 Å². The SMILES string of the molecule is CCC.CCOc1cccc(F)c1F. The van der Waals surface area contributed by atoms with Gasteiger partial charge in [-0.25, -0.2) is 4.39 Å². The molecular formula is C11H16F2O. The van der Waals surface area contributed by atoms with Gasteiger partial charge in [-0.15, -0.1) is 0 Å². The third-order valence-corrected chi connectivity index (χ3v) is 1.22. The van der Waals surface area contributed by atoms with Gasteiger partial charge in [0.25, 0.3) is 0 Å². The van der Waals surface area contributed by atoms with Crippen LogP contribution >= 0.6 is 0 Å². The topological polar surface area (TPSA) is 9.23 Å². The maximum Gasteiger partial charge on any atom is 0.200 e. The molecule has 0 fully saturated rings. The van der Waals surface area contributed by atoms with Crippen LogP contribution < -0.4 is 4.74 Å². The summed E-state index contributed by atoms with van der Waals surface area (Å²) in [5, 5.41) is 0. The molecule has 0 saturated heterocycles. The van der Waals surface area contributed by atoms with Crippen molar-refractivity contribution >= 4 is 0 Å². The Kier molecular flexibility index (Phi) is 6.72. The smallest absolute Gasteiger partial charge is 0.200 e. The second-order valence-corrected chi connectivity index (χ2v) is 2.69. The zero-order valence-electron chi connectivity index (χ0n) is 8.81. The van der Waals surface area contributed by atoms with Gasteiger partial charge in [0.15, 0.2) is 11.6 Å². The number of ether oxygens (including phenoxy) is 1. The van der Waals surface area contributed by atoms with Crippen molar-refractivity contribution in [1.82, 2.24) is 0 Å². The Bertz CT molecular complexity index is 261. The normalized spacial score (nSPS) is 8.93. The molecule has 3 heteroatoms. The van der Waals surface area contributed by atoms with Gasteiger partial charge >= 0.3 is 0 Å². The lowest BCUT2D eigenvalue weighted by Gasteiger charge is -2.03. The Hall–Kier alpha value is -1.12. The zero-order valence-corrected chi connectivity index (χ0v) is 8.81. The molecule has 0 N–H and O–H groups in total. The second kappa shape index (κ2) is 7.30. The minimum absolute atomic E-state index is 0.0347. The highest BCUT2D eigenvalue weighted by Crippen LogP contribution is 2.18. The van der Waals surface area contributed by atoms with Crippen molar-refractivity contribution in [3.63, 3.8) is 0 Å². The highest BCUT2D eigenvalue weighted by molar-refractivity contribution is 5.24. The third kappa shape index (κ3) is 4.21. The summed E-state index contributed by atoms with van der Waals surface area (Å²) in [6.45, 7) is 6.30. The predicted molar refractivity (Wildman–Crippen MR) is 53.5 cm³/mol. The molecule has 0 saturated carbocycles. The fourth-order valence-corrected chi connectivity index (χ4v) is 0.751. The van der Waals surface area contributed by atoms with Crippen molar-refractivity contribution in [3.05, 3.63) is 29.8 Å². The first kappa shape index (κ1) is 12.9. The molecule has 0 unspecified atom stereocenters. The van der Waals surface area contributed by atoms with Gasteiger partial charge in [-0.2, -0.15) is 4.39 Å². The summed E-state index contributed by atoms with van der Waals surface area (Å²) in [5.41, 5.74) is 0. The van der Waals surface area contributed by atoms with Crippen LogP contribution in [0.25, 0.3) is 0 Å². The molecule has 1 aromatic carbocycles. The summed E-state index contributed by atoms with van der Waals surface area (Å²) in [6, 6.07) is 3.85. The Morgan fingerprint density at radius 2 is 1.71 bits per heavy atom. The summed E-state index contributed by atoms with van der Waals surface area (Å²) in [7, 11) is 0. The lowest BCUT2D eigenvalue weighted by Crippen LogP contribution is -1.95. The maximum absolute atomic E-state index is 12.7. The molecular weight excluding hydrogens is 186 g/mol. The van der Waals surface area contributed by atoms with Crippen LogP contribution in [0.15, 0.2) is 18.2 Å². The van der Waals surface area contributed by atoms with Crippen LogP contribution in [0.2, 0.25) is 0 Å². The number of hydrogen-bond acceptors (Lipinski definition) is 1. The lowest BCUT2D eigenvalue weighted by atomic mass is 10.3. The molecule has 0 heterocycles. The third-order valence-electron chi connectivity index (χ3n) is 1.22. The Balaban J connectivity index is 0.000000500. The molecule has 0 radical (unpaired) electrons. The van der Waals surface area contributed by atoms with Crippen LogP contribution in [0, 0.1) is 11.6 Å². The first-order chi connectivity index (χ1) is 6.67. The number of benzene rings is 1. The summed E-state index contributed by atoms with van der Waals surface area (Å²) < 4.78 is 29.9. The van der Waals surface area contributed by atoms with E-state index in [1.807, 2.05) is 0 Å². The van der Waals surface area contributed by atoms with E-state index in [1.54, 1.807) is 6.92 Å². The van der Waals surface area contributed by atoms with E-state index < -0.39 is 11.6 Å². The summed E-state index contributed by atoms with van der Waals surface area (Å²) in [4.78, 5) is 0. The van der Waals surface area contributed by atoms with Crippen LogP contribution in [-0.4, -0.2) is 6.61 Å². The predicted octanol–water partition coefficient (Wildman–Crippen LogP) is 3.78. The highest BCUT2D eigenvalue weighted by Gasteiger charge is 2.06. The molecule has 0 aliphatic carbocycles. The molecule has 1 rings (SSSR count). The average molecular weight is 202 g/mol. The van der Waals surface area contributed by atoms with Gasteiger partial charge in [0.05, 0.1) is 6.61 Å². The largest absolute Gasteiger partial charge is 0.491 e. The average Bonchev–Trinajstić information content (AvgIpc) is 2.15. The highest BCUT2D eigenvalue weighted by atomic mass is 19.2. The van der Waals surface area contributed by atoms with Crippen molar-refractivity contribution in [1.29, 1.82) is 0 Å². The van der Waals surface area contributed by atoms with E-state index in [2.05, 4.69) is 13.8 Å². The molecule has 0 bridgehead atoms. The summed E-state index contributed by atoms with van der Waals surface area (Å²) >= 11 is 0. The summed E-state index contributed by atoms with van der Waals surface area (Å²) in [5.74, 6) is -1.84. The van der Waals surface area contributed by atoms with Gasteiger partial charge in [-0.05, 0) is 19.1 Å². The Morgan fingerprint density at radius 3 is 2.21 bits per heavy atom. The number of hydrogen-bond donors (Lipinski definition) is 0. The molecule has 0 aromatic heterocycles. The van der Waals surface area contributed by atoms with Crippen LogP contribution in [0.1, 0.15) is 27.2 Å². The molecule has 0 spiro atoms. The molecule has 0 aliphatic rings. The maximum atomic E-state index is 12.7. The van der Waals surface area contributed by atoms with E-state index in [9.17, 15) is 8.78 Å². The minimum atomic E-state index is -0.922. The number of rotatable bonds is 2. The molecule has 0 amide bonds. The molecule has 80 valence electrons. The monoisotopic (exact) mass is 202 g/mol. The quantitative estimate of drug-likeness (QED) is 0.709. The lowest BCUT2D eigenvalue weighted by molar-refractivity contribution is 0.314. The fourth-order valence-electron chi connectivity index (χ4n) is 0.751. The van der Waals surface area contributed by atoms with E-state index in [1.165, 1.54) is 18.6 Å². The van der Waals surface area contributed by atoms with E-state index in [4.69, 9.17) is 4.74 Å². The van der Waals surface area contributed by atoms with Crippen molar-refractivity contribution < 1.29 is 13.5 Å². The van der Waals surface area contributed by atoms with Gasteiger partial charge in [-0.3, -0.25) is 0 Å². The standard InChI is InChI=1S/C8H8F2O.C3H8/c1-2-11-7-5-3-4-6(9)8(7)10;1-3-2/h3-5H,2H2,1H3;3H2,1-2H3. The first-order valence-corrected chi connectivity index (χ1v) is 4.74. The molecule has 0 aliphatic heterocycles. The van der Waals surface area contributed by atoms with Gasteiger partial charge in [0, 0.05) is 0 Å². The van der Waals surface area contributed by atoms with E-state index in [0.29, 0.717) is 6.61 Å². The second-order valence-electron chi connectivity index (χ2n) is 2.69. The van der Waals surface area contributed by atoms with Gasteiger partial charge < -0.3 is 4.74 Å². The van der Waals surface area contributed by atoms with Crippen molar-refractivity contribution in [3.8, 4) is 5.75 Å². The van der Waals surface area contributed by atoms with E-state index >= 15 is 0 Å². The molecule has 1 aromatic rings. The molecule has 1 nitrogen and oxygen atoms in total. The fraction of sp³-hybridized carbons (Fsp3) is 0.455. The zero-order chi connectivity index (χ0) is 11.0. The molecule has 14 heavy (non-hydrogen) atoms. The summed E-state index contributed by atoms with van der Waals surface area (Å²) in [6.07, 6.45) is 1.25. The van der Waals surface area contributed by atoms with Crippen molar-refractivity contribution in [2.24, 2.45) is 0 Å². The van der Waals surface area contributed by atoms with Crippen LogP contribution in [-0.2, 0) is 0 Å². The van der Waals surface area contributed by atoms with Crippen molar-refractivity contribution in [2.75, 3.05) is 6.61 Å². The van der Waals surface area contributed by atoms with Gasteiger partial charge in [0.1, 0.15) is 0 Å². The van der Waals surface area contributed by atoms with Crippen LogP contribution in [0.5, 0.6) is 5.75 Å². The Morgan fingerprint density at radius 1 is 1.14 bits per heavy atom. The Labute approximate surface area is 83.7 Å². The number of halogens is 2.